The van der Waals surface area contributed by atoms with Gasteiger partial charge in [0.2, 0.25) is 5.88 Å². The molecule has 1 N–H and O–H groups in total. The van der Waals surface area contributed by atoms with Crippen molar-refractivity contribution in [2.24, 2.45) is 5.92 Å². The van der Waals surface area contributed by atoms with Gasteiger partial charge in [0.1, 0.15) is 12.1 Å². The number of piperidine rings is 1. The van der Waals surface area contributed by atoms with Gasteiger partial charge in [-0.05, 0) is 25.3 Å². The van der Waals surface area contributed by atoms with E-state index in [2.05, 4.69) is 27.0 Å². The number of hydrogen-bond acceptors (Lipinski definition) is 5. The van der Waals surface area contributed by atoms with E-state index in [4.69, 9.17) is 4.74 Å². The summed E-state index contributed by atoms with van der Waals surface area (Å²) < 4.78 is 5.18. The third kappa shape index (κ3) is 3.62. The summed E-state index contributed by atoms with van der Waals surface area (Å²) in [5.74, 6) is 1.57. The van der Waals surface area contributed by atoms with E-state index >= 15 is 0 Å². The van der Waals surface area contributed by atoms with Gasteiger partial charge in [0.25, 0.3) is 0 Å². The Morgan fingerprint density at radius 1 is 1.30 bits per heavy atom. The Balaban J connectivity index is 1.78. The van der Waals surface area contributed by atoms with Crippen LogP contribution in [0.5, 0.6) is 5.88 Å². The number of benzene rings is 1. The van der Waals surface area contributed by atoms with Crippen LogP contribution in [-0.2, 0) is 6.42 Å². The fourth-order valence-corrected chi connectivity index (χ4v) is 3.12. The van der Waals surface area contributed by atoms with E-state index in [9.17, 15) is 5.11 Å². The van der Waals surface area contributed by atoms with Crippen LogP contribution in [-0.4, -0.2) is 40.9 Å². The zero-order chi connectivity index (χ0) is 16.3. The van der Waals surface area contributed by atoms with Crippen LogP contribution in [0.15, 0.2) is 42.7 Å². The van der Waals surface area contributed by atoms with Gasteiger partial charge in [-0.3, -0.25) is 0 Å². The van der Waals surface area contributed by atoms with Crippen LogP contribution in [0.1, 0.15) is 18.9 Å². The first kappa shape index (κ1) is 15.7. The van der Waals surface area contributed by atoms with E-state index < -0.39 is 5.60 Å². The van der Waals surface area contributed by atoms with Crippen LogP contribution < -0.4 is 9.64 Å². The number of hydrogen-bond donors (Lipinski definition) is 1. The molecule has 0 spiro atoms. The molecule has 0 radical (unpaired) electrons. The van der Waals surface area contributed by atoms with Gasteiger partial charge in [-0.2, -0.15) is 0 Å². The van der Waals surface area contributed by atoms with Crippen LogP contribution >= 0.6 is 0 Å². The van der Waals surface area contributed by atoms with Crippen molar-refractivity contribution in [1.82, 2.24) is 9.97 Å². The summed E-state index contributed by atoms with van der Waals surface area (Å²) in [5, 5.41) is 10.8. The van der Waals surface area contributed by atoms with Gasteiger partial charge in [0.05, 0.1) is 12.7 Å². The lowest BCUT2D eigenvalue weighted by molar-refractivity contribution is -0.0168. The highest BCUT2D eigenvalue weighted by molar-refractivity contribution is 5.42. The number of methoxy groups -OCH3 is 1. The van der Waals surface area contributed by atoms with Crippen LogP contribution in [0.4, 0.5) is 5.82 Å². The molecule has 0 amide bonds. The van der Waals surface area contributed by atoms with Crippen molar-refractivity contribution >= 4 is 5.82 Å². The van der Waals surface area contributed by atoms with E-state index in [0.29, 0.717) is 5.88 Å². The molecular weight excluding hydrogens is 290 g/mol. The summed E-state index contributed by atoms with van der Waals surface area (Å²) in [7, 11) is 1.60. The molecule has 122 valence electrons. The summed E-state index contributed by atoms with van der Waals surface area (Å²) in [6.45, 7) is 3.49. The van der Waals surface area contributed by atoms with Gasteiger partial charge < -0.3 is 14.7 Å². The average molecular weight is 313 g/mol. The molecule has 0 unspecified atom stereocenters. The van der Waals surface area contributed by atoms with E-state index in [0.717, 1.165) is 31.7 Å². The smallest absolute Gasteiger partial charge is 0.218 e. The summed E-state index contributed by atoms with van der Waals surface area (Å²) in [6, 6.07) is 12.2. The van der Waals surface area contributed by atoms with Crippen LogP contribution in [0, 0.1) is 5.92 Å². The average Bonchev–Trinajstić information content (AvgIpc) is 2.58. The molecule has 2 heterocycles. The van der Waals surface area contributed by atoms with Crippen molar-refractivity contribution in [2.45, 2.75) is 25.4 Å². The van der Waals surface area contributed by atoms with Crippen molar-refractivity contribution < 1.29 is 9.84 Å². The summed E-state index contributed by atoms with van der Waals surface area (Å²) in [6.07, 6.45) is 3.09. The predicted octanol–water partition coefficient (Wildman–Crippen LogP) is 2.31. The second-order valence-corrected chi connectivity index (χ2v) is 6.36. The highest BCUT2D eigenvalue weighted by atomic mass is 16.5. The zero-order valence-electron chi connectivity index (χ0n) is 13.6. The third-order valence-corrected chi connectivity index (χ3v) is 4.69. The topological polar surface area (TPSA) is 58.5 Å². The number of nitrogens with zero attached hydrogens (tertiary/aromatic N) is 3. The minimum absolute atomic E-state index is 0.152. The molecule has 2 atom stereocenters. The zero-order valence-corrected chi connectivity index (χ0v) is 13.6. The molecule has 23 heavy (non-hydrogen) atoms. The lowest BCUT2D eigenvalue weighted by Gasteiger charge is -2.43. The number of rotatable bonds is 4. The predicted molar refractivity (Wildman–Crippen MR) is 89.7 cm³/mol. The van der Waals surface area contributed by atoms with Crippen molar-refractivity contribution in [3.8, 4) is 5.88 Å². The largest absolute Gasteiger partial charge is 0.481 e. The molecule has 1 saturated heterocycles. The van der Waals surface area contributed by atoms with Crippen molar-refractivity contribution in [3.63, 3.8) is 0 Å². The number of aliphatic hydroxyl groups is 1. The van der Waals surface area contributed by atoms with Gasteiger partial charge in [0, 0.05) is 25.1 Å². The fraction of sp³-hybridized carbons (Fsp3) is 0.444. The van der Waals surface area contributed by atoms with E-state index in [1.807, 2.05) is 31.2 Å². The Morgan fingerprint density at radius 2 is 2.09 bits per heavy atom. The molecule has 1 fully saturated rings. The second-order valence-electron chi connectivity index (χ2n) is 6.36. The number of aromatic nitrogens is 2. The summed E-state index contributed by atoms with van der Waals surface area (Å²) >= 11 is 0. The molecule has 0 aliphatic carbocycles. The summed E-state index contributed by atoms with van der Waals surface area (Å²) in [4.78, 5) is 10.6. The molecule has 2 aromatic rings. The first-order chi connectivity index (χ1) is 11.1. The number of ether oxygens (including phenoxy) is 1. The molecule has 1 aromatic carbocycles. The number of anilines is 1. The van der Waals surface area contributed by atoms with E-state index in [1.54, 1.807) is 7.11 Å². The Kier molecular flexibility index (Phi) is 4.48. The molecule has 0 bridgehead atoms. The van der Waals surface area contributed by atoms with Gasteiger partial charge in [-0.15, -0.1) is 0 Å². The Bertz CT molecular complexity index is 646. The Morgan fingerprint density at radius 3 is 2.83 bits per heavy atom. The molecule has 1 aliphatic rings. The van der Waals surface area contributed by atoms with Crippen LogP contribution in [0.25, 0.3) is 0 Å². The minimum Gasteiger partial charge on any atom is -0.481 e. The fourth-order valence-electron chi connectivity index (χ4n) is 3.12. The highest BCUT2D eigenvalue weighted by Gasteiger charge is 2.37. The molecule has 0 saturated carbocycles. The van der Waals surface area contributed by atoms with Crippen LogP contribution in [0.2, 0.25) is 0 Å². The molecule has 5 nitrogen and oxygen atoms in total. The van der Waals surface area contributed by atoms with Crippen LogP contribution in [0.3, 0.4) is 0 Å². The molecular formula is C18H23N3O2. The van der Waals surface area contributed by atoms with Gasteiger partial charge >= 0.3 is 0 Å². The monoisotopic (exact) mass is 313 g/mol. The molecule has 5 heteroatoms. The maximum Gasteiger partial charge on any atom is 0.218 e. The Hall–Kier alpha value is -2.14. The van der Waals surface area contributed by atoms with Crippen molar-refractivity contribution in [2.75, 3.05) is 25.1 Å². The molecule has 1 aliphatic heterocycles. The Labute approximate surface area is 137 Å². The van der Waals surface area contributed by atoms with Crippen molar-refractivity contribution in [1.29, 1.82) is 0 Å². The quantitative estimate of drug-likeness (QED) is 0.938. The first-order valence-electron chi connectivity index (χ1n) is 7.96. The maximum atomic E-state index is 10.8. The second kappa shape index (κ2) is 6.54. The van der Waals surface area contributed by atoms with Gasteiger partial charge in [0.15, 0.2) is 0 Å². The SMILES string of the molecule is COc1cc(N2CC[C@](C)(O)[C@H](Cc3ccccc3)C2)ncn1. The van der Waals surface area contributed by atoms with E-state index in [1.165, 1.54) is 11.9 Å². The standard InChI is InChI=1S/C18H23N3O2/c1-18(22)8-9-21(16-11-17(23-2)20-13-19-16)12-15(18)10-14-6-4-3-5-7-14/h3-7,11,13,15,22H,8-10,12H2,1-2H3/t15-,18+/m1/s1. The van der Waals surface area contributed by atoms with Gasteiger partial charge in [-0.1, -0.05) is 30.3 Å². The highest BCUT2D eigenvalue weighted by Crippen LogP contribution is 2.32. The molecule has 3 rings (SSSR count). The lowest BCUT2D eigenvalue weighted by Crippen LogP contribution is -2.51. The summed E-state index contributed by atoms with van der Waals surface area (Å²) in [5.41, 5.74) is 0.587. The van der Waals surface area contributed by atoms with Crippen molar-refractivity contribution in [3.05, 3.63) is 48.3 Å². The maximum absolute atomic E-state index is 10.8. The third-order valence-electron chi connectivity index (χ3n) is 4.69. The van der Waals surface area contributed by atoms with Gasteiger partial charge in [-0.25, -0.2) is 9.97 Å². The first-order valence-corrected chi connectivity index (χ1v) is 7.96. The minimum atomic E-state index is -0.663. The normalized spacial score (nSPS) is 24.5. The lowest BCUT2D eigenvalue weighted by atomic mass is 9.79. The molecule has 1 aromatic heterocycles. The van der Waals surface area contributed by atoms with E-state index in [-0.39, 0.29) is 5.92 Å².